The van der Waals surface area contributed by atoms with Gasteiger partial charge in [0.1, 0.15) is 30.7 Å². The molecule has 0 aliphatic carbocycles. The Morgan fingerprint density at radius 3 is 2.33 bits per heavy atom. The molecule has 1 aromatic rings. The molecule has 170 valence electrons. The maximum absolute atomic E-state index is 12.2. The first-order valence-electron chi connectivity index (χ1n) is 10.1. The van der Waals surface area contributed by atoms with E-state index in [1.54, 1.807) is 35.0 Å². The van der Waals surface area contributed by atoms with Crippen LogP contribution in [-0.2, 0) is 30.3 Å². The van der Waals surface area contributed by atoms with Gasteiger partial charge in [0.15, 0.2) is 0 Å². The van der Waals surface area contributed by atoms with Crippen molar-refractivity contribution in [3.8, 4) is 5.75 Å². The van der Waals surface area contributed by atoms with Gasteiger partial charge in [-0.2, -0.15) is 0 Å². The van der Waals surface area contributed by atoms with Gasteiger partial charge in [0.25, 0.3) is 0 Å². The summed E-state index contributed by atoms with van der Waals surface area (Å²) in [7, 11) is 3.15. The minimum Gasteiger partial charge on any atom is -0.497 e. The van der Waals surface area contributed by atoms with Crippen LogP contribution in [0.5, 0.6) is 5.75 Å². The van der Waals surface area contributed by atoms with E-state index in [-0.39, 0.29) is 25.6 Å². The molecule has 1 saturated heterocycles. The highest BCUT2D eigenvalue weighted by Crippen LogP contribution is 2.31. The first kappa shape index (κ1) is 24.6. The van der Waals surface area contributed by atoms with Crippen molar-refractivity contribution >= 4 is 5.97 Å². The molecular formula is C22H34O8. The Morgan fingerprint density at radius 1 is 1.13 bits per heavy atom. The van der Waals surface area contributed by atoms with E-state index in [0.717, 1.165) is 11.3 Å². The Labute approximate surface area is 178 Å². The van der Waals surface area contributed by atoms with Crippen LogP contribution in [0.1, 0.15) is 32.8 Å². The van der Waals surface area contributed by atoms with Gasteiger partial charge in [-0.15, -0.1) is 0 Å². The molecule has 5 atom stereocenters. The Balaban J connectivity index is 2.10. The molecule has 1 aromatic carbocycles. The van der Waals surface area contributed by atoms with Gasteiger partial charge < -0.3 is 33.9 Å². The third kappa shape index (κ3) is 6.65. The summed E-state index contributed by atoms with van der Waals surface area (Å²) in [6, 6.07) is 7.50. The SMILES string of the molecule is COc1ccc(CO[C@H]2[C@H](COC(=O)C(C)(C)C)OC(CC(O)CO)[C@@H]2OC)cc1. The average Bonchev–Trinajstić information content (AvgIpc) is 3.05. The standard InChI is InChI=1S/C22H34O8/c1-22(2,3)21(25)29-13-18-20(19(27-5)17(30-18)10-15(24)11-23)28-12-14-6-8-16(26-4)9-7-14/h6-9,15,17-20,23-24H,10-13H2,1-5H3/t15?,17?,18-,19-,20-/m0/s1. The molecule has 1 aliphatic heterocycles. The second kappa shape index (κ2) is 11.1. The fourth-order valence-corrected chi connectivity index (χ4v) is 3.25. The Hall–Kier alpha value is -1.71. The molecule has 1 fully saturated rings. The molecular weight excluding hydrogens is 392 g/mol. The number of aliphatic hydroxyl groups excluding tert-OH is 2. The molecule has 30 heavy (non-hydrogen) atoms. The van der Waals surface area contributed by atoms with Crippen molar-refractivity contribution in [3.05, 3.63) is 29.8 Å². The van der Waals surface area contributed by atoms with Crippen LogP contribution >= 0.6 is 0 Å². The first-order valence-corrected chi connectivity index (χ1v) is 10.1. The molecule has 8 heteroatoms. The Kier molecular flexibility index (Phi) is 9.06. The fraction of sp³-hybridized carbons (Fsp3) is 0.682. The fourth-order valence-electron chi connectivity index (χ4n) is 3.25. The topological polar surface area (TPSA) is 104 Å². The van der Waals surface area contributed by atoms with Crippen LogP contribution in [0.25, 0.3) is 0 Å². The number of carbonyl (C=O) groups excluding carboxylic acids is 1. The summed E-state index contributed by atoms with van der Waals surface area (Å²) in [4.78, 5) is 12.2. The van der Waals surface area contributed by atoms with Gasteiger partial charge >= 0.3 is 5.97 Å². The van der Waals surface area contributed by atoms with E-state index >= 15 is 0 Å². The lowest BCUT2D eigenvalue weighted by atomic mass is 9.97. The van der Waals surface area contributed by atoms with Gasteiger partial charge in [-0.05, 0) is 38.5 Å². The van der Waals surface area contributed by atoms with Crippen LogP contribution in [0.2, 0.25) is 0 Å². The highest BCUT2D eigenvalue weighted by molar-refractivity contribution is 5.75. The van der Waals surface area contributed by atoms with E-state index < -0.39 is 35.9 Å². The molecule has 0 radical (unpaired) electrons. The lowest BCUT2D eigenvalue weighted by molar-refractivity contribution is -0.159. The van der Waals surface area contributed by atoms with Crippen molar-refractivity contribution in [2.24, 2.45) is 5.41 Å². The van der Waals surface area contributed by atoms with Crippen molar-refractivity contribution in [2.75, 3.05) is 27.4 Å². The maximum atomic E-state index is 12.2. The lowest BCUT2D eigenvalue weighted by Crippen LogP contribution is -2.40. The first-order chi connectivity index (χ1) is 14.2. The molecule has 1 aliphatic rings. The Morgan fingerprint density at radius 2 is 1.80 bits per heavy atom. The third-order valence-corrected chi connectivity index (χ3v) is 4.99. The number of esters is 1. The summed E-state index contributed by atoms with van der Waals surface area (Å²) in [6.07, 6.45) is -2.82. The summed E-state index contributed by atoms with van der Waals surface area (Å²) in [5.41, 5.74) is 0.306. The smallest absolute Gasteiger partial charge is 0.311 e. The zero-order chi connectivity index (χ0) is 22.3. The minimum absolute atomic E-state index is 0.00889. The number of aliphatic hydroxyl groups is 2. The average molecular weight is 427 g/mol. The highest BCUT2D eigenvalue weighted by atomic mass is 16.6. The van der Waals surface area contributed by atoms with E-state index in [9.17, 15) is 15.0 Å². The number of hydrogen-bond acceptors (Lipinski definition) is 8. The van der Waals surface area contributed by atoms with Crippen molar-refractivity contribution < 1.29 is 38.7 Å². The third-order valence-electron chi connectivity index (χ3n) is 4.99. The number of methoxy groups -OCH3 is 2. The van der Waals surface area contributed by atoms with E-state index in [2.05, 4.69) is 0 Å². The van der Waals surface area contributed by atoms with Crippen LogP contribution in [0.4, 0.5) is 0 Å². The minimum atomic E-state index is -0.939. The molecule has 2 unspecified atom stereocenters. The van der Waals surface area contributed by atoms with Crippen LogP contribution in [0.3, 0.4) is 0 Å². The van der Waals surface area contributed by atoms with Crippen LogP contribution in [-0.4, -0.2) is 74.1 Å². The highest BCUT2D eigenvalue weighted by Gasteiger charge is 2.47. The van der Waals surface area contributed by atoms with E-state index in [1.165, 1.54) is 0 Å². The number of hydrogen-bond donors (Lipinski definition) is 2. The molecule has 2 rings (SSSR count). The number of ether oxygens (including phenoxy) is 5. The predicted octanol–water partition coefficient (Wildman–Crippen LogP) is 1.70. The van der Waals surface area contributed by atoms with Gasteiger partial charge in [-0.25, -0.2) is 0 Å². The van der Waals surface area contributed by atoms with Crippen LogP contribution in [0.15, 0.2) is 24.3 Å². The van der Waals surface area contributed by atoms with Crippen molar-refractivity contribution in [1.29, 1.82) is 0 Å². The zero-order valence-corrected chi connectivity index (χ0v) is 18.4. The predicted molar refractivity (Wildman–Crippen MR) is 109 cm³/mol. The second-order valence-electron chi connectivity index (χ2n) is 8.46. The van der Waals surface area contributed by atoms with Crippen molar-refractivity contribution in [1.82, 2.24) is 0 Å². The van der Waals surface area contributed by atoms with Crippen LogP contribution in [0, 0.1) is 5.41 Å². The van der Waals surface area contributed by atoms with Gasteiger partial charge in [0.2, 0.25) is 0 Å². The second-order valence-corrected chi connectivity index (χ2v) is 8.46. The van der Waals surface area contributed by atoms with E-state index in [4.69, 9.17) is 23.7 Å². The zero-order valence-electron chi connectivity index (χ0n) is 18.4. The van der Waals surface area contributed by atoms with Crippen molar-refractivity contribution in [2.45, 2.75) is 64.3 Å². The molecule has 1 heterocycles. The van der Waals surface area contributed by atoms with E-state index in [0.29, 0.717) is 6.61 Å². The Bertz CT molecular complexity index is 654. The molecule has 2 N–H and O–H groups in total. The van der Waals surface area contributed by atoms with Gasteiger partial charge in [0.05, 0.1) is 37.9 Å². The molecule has 0 spiro atoms. The quantitative estimate of drug-likeness (QED) is 0.545. The van der Waals surface area contributed by atoms with Crippen molar-refractivity contribution in [3.63, 3.8) is 0 Å². The van der Waals surface area contributed by atoms with Crippen LogP contribution < -0.4 is 4.74 Å². The van der Waals surface area contributed by atoms with Gasteiger partial charge in [-0.1, -0.05) is 12.1 Å². The lowest BCUT2D eigenvalue weighted by Gasteiger charge is -2.25. The summed E-state index contributed by atoms with van der Waals surface area (Å²) >= 11 is 0. The number of carbonyl (C=O) groups is 1. The summed E-state index contributed by atoms with van der Waals surface area (Å²) in [5, 5.41) is 19.1. The number of rotatable bonds is 10. The summed E-state index contributed by atoms with van der Waals surface area (Å²) in [6.45, 7) is 5.27. The maximum Gasteiger partial charge on any atom is 0.311 e. The number of benzene rings is 1. The van der Waals surface area contributed by atoms with Gasteiger partial charge in [-0.3, -0.25) is 4.79 Å². The molecule has 0 bridgehead atoms. The molecule has 8 nitrogen and oxygen atoms in total. The molecule has 0 aromatic heterocycles. The largest absolute Gasteiger partial charge is 0.497 e. The normalized spacial score (nSPS) is 25.2. The molecule has 0 amide bonds. The monoisotopic (exact) mass is 426 g/mol. The molecule has 0 saturated carbocycles. The van der Waals surface area contributed by atoms with Gasteiger partial charge in [0, 0.05) is 13.5 Å². The summed E-state index contributed by atoms with van der Waals surface area (Å²) < 4.78 is 28.4. The summed E-state index contributed by atoms with van der Waals surface area (Å²) in [5.74, 6) is 0.413. The van der Waals surface area contributed by atoms with E-state index in [1.807, 2.05) is 24.3 Å².